The Morgan fingerprint density at radius 3 is 0.919 bits per heavy atom. The third-order valence-electron chi connectivity index (χ3n) is 12.1. The highest BCUT2D eigenvalue weighted by atomic mass is 15.2. The van der Waals surface area contributed by atoms with Crippen molar-refractivity contribution < 1.29 is 0 Å². The Kier molecular flexibility index (Phi) is 8.46. The lowest BCUT2D eigenvalue weighted by atomic mass is 9.98. The third kappa shape index (κ3) is 6.08. The molecular weight excluding hydrogens is 753 g/mol. The van der Waals surface area contributed by atoms with Crippen molar-refractivity contribution >= 4 is 43.6 Å². The number of aromatic nitrogens is 4. The van der Waals surface area contributed by atoms with Crippen LogP contribution < -0.4 is 0 Å². The van der Waals surface area contributed by atoms with Crippen molar-refractivity contribution in [2.45, 2.75) is 0 Å². The van der Waals surface area contributed by atoms with E-state index in [0.717, 1.165) is 66.7 Å². The fraction of sp³-hybridized carbons (Fsp3) is 0. The van der Waals surface area contributed by atoms with Gasteiger partial charge in [0.15, 0.2) is 0 Å². The number of nitrogens with zero attached hydrogens (tertiary/aromatic N) is 4. The molecule has 0 spiro atoms. The van der Waals surface area contributed by atoms with E-state index >= 15 is 0 Å². The Hall–Kier alpha value is -8.34. The molecule has 0 radical (unpaired) electrons. The second-order valence-corrected chi connectivity index (χ2v) is 15.8. The van der Waals surface area contributed by atoms with Gasteiger partial charge in [0.1, 0.15) is 0 Å². The maximum atomic E-state index is 5.30. The van der Waals surface area contributed by atoms with Crippen molar-refractivity contribution in [3.05, 3.63) is 231 Å². The van der Waals surface area contributed by atoms with E-state index in [1.165, 1.54) is 38.5 Å². The summed E-state index contributed by atoms with van der Waals surface area (Å²) < 4.78 is 4.63. The lowest BCUT2D eigenvalue weighted by Gasteiger charge is -2.12. The van der Waals surface area contributed by atoms with E-state index in [0.29, 0.717) is 5.95 Å². The fourth-order valence-electron chi connectivity index (χ4n) is 9.14. The van der Waals surface area contributed by atoms with Crippen molar-refractivity contribution in [2.75, 3.05) is 0 Å². The van der Waals surface area contributed by atoms with Gasteiger partial charge in [0.25, 0.3) is 0 Å². The predicted molar refractivity (Wildman–Crippen MR) is 258 cm³/mol. The molecule has 3 aromatic heterocycles. The monoisotopic (exact) mass is 790 g/mol. The van der Waals surface area contributed by atoms with Crippen LogP contribution in [-0.2, 0) is 0 Å². The van der Waals surface area contributed by atoms with Crippen LogP contribution in [0.25, 0.3) is 111 Å². The van der Waals surface area contributed by atoms with Crippen molar-refractivity contribution in [3.63, 3.8) is 0 Å². The largest absolute Gasteiger partial charge is 0.309 e. The number of fused-ring (bicyclic) bond motifs is 6. The van der Waals surface area contributed by atoms with Crippen LogP contribution in [0.15, 0.2) is 231 Å². The van der Waals surface area contributed by atoms with Crippen LogP contribution >= 0.6 is 0 Å². The summed E-state index contributed by atoms with van der Waals surface area (Å²) in [5.74, 6) is 0.634. The molecule has 3 heterocycles. The topological polar surface area (TPSA) is 35.6 Å². The van der Waals surface area contributed by atoms with Gasteiger partial charge in [-0.1, -0.05) is 164 Å². The van der Waals surface area contributed by atoms with Crippen molar-refractivity contribution in [3.8, 4) is 67.5 Å². The van der Waals surface area contributed by atoms with E-state index in [4.69, 9.17) is 9.97 Å². The average molecular weight is 791 g/mol. The Balaban J connectivity index is 1.09. The maximum Gasteiger partial charge on any atom is 0.235 e. The van der Waals surface area contributed by atoms with Crippen LogP contribution in [0.5, 0.6) is 0 Å². The molecule has 0 aliphatic carbocycles. The summed E-state index contributed by atoms with van der Waals surface area (Å²) in [7, 11) is 0. The van der Waals surface area contributed by atoms with Gasteiger partial charge in [0, 0.05) is 38.4 Å². The van der Waals surface area contributed by atoms with E-state index < -0.39 is 0 Å². The van der Waals surface area contributed by atoms with Gasteiger partial charge < -0.3 is 4.57 Å². The minimum atomic E-state index is 0.634. The molecule has 0 unspecified atom stereocenters. The van der Waals surface area contributed by atoms with Crippen LogP contribution in [0.3, 0.4) is 0 Å². The van der Waals surface area contributed by atoms with Crippen LogP contribution in [0.4, 0.5) is 0 Å². The summed E-state index contributed by atoms with van der Waals surface area (Å²) in [4.78, 5) is 10.6. The molecule has 0 saturated heterocycles. The molecule has 0 N–H and O–H groups in total. The number of benzene rings is 9. The van der Waals surface area contributed by atoms with Gasteiger partial charge in [-0.15, -0.1) is 0 Å². The summed E-state index contributed by atoms with van der Waals surface area (Å²) in [6.45, 7) is 0. The molecule has 0 atom stereocenters. The number of para-hydroxylation sites is 1. The molecule has 290 valence electrons. The van der Waals surface area contributed by atoms with Gasteiger partial charge in [0.2, 0.25) is 5.95 Å². The van der Waals surface area contributed by atoms with Gasteiger partial charge >= 0.3 is 0 Å². The summed E-state index contributed by atoms with van der Waals surface area (Å²) in [6, 6.07) is 82.2. The quantitative estimate of drug-likeness (QED) is 0.161. The number of rotatable bonds is 7. The highest BCUT2D eigenvalue weighted by molar-refractivity contribution is 6.14. The summed E-state index contributed by atoms with van der Waals surface area (Å²) >= 11 is 0. The van der Waals surface area contributed by atoms with Crippen LogP contribution in [0, 0.1) is 0 Å². The summed E-state index contributed by atoms with van der Waals surface area (Å²) in [6.07, 6.45) is 0. The molecule has 12 aromatic rings. The predicted octanol–water partition coefficient (Wildman–Crippen LogP) is 15.0. The summed E-state index contributed by atoms with van der Waals surface area (Å²) in [5.41, 5.74) is 16.5. The first-order valence-electron chi connectivity index (χ1n) is 21.1. The first-order valence-corrected chi connectivity index (χ1v) is 21.1. The molecule has 0 saturated carbocycles. The molecule has 0 aliphatic heterocycles. The zero-order chi connectivity index (χ0) is 41.0. The zero-order valence-corrected chi connectivity index (χ0v) is 33.7. The van der Waals surface area contributed by atoms with Crippen molar-refractivity contribution in [2.24, 2.45) is 0 Å². The Morgan fingerprint density at radius 2 is 0.548 bits per heavy atom. The first-order chi connectivity index (χ1) is 30.7. The molecule has 0 fully saturated rings. The Labute approximate surface area is 359 Å². The minimum absolute atomic E-state index is 0.634. The molecule has 0 bridgehead atoms. The third-order valence-corrected chi connectivity index (χ3v) is 12.1. The molecule has 9 aromatic carbocycles. The van der Waals surface area contributed by atoms with E-state index in [2.05, 4.69) is 228 Å². The van der Waals surface area contributed by atoms with Gasteiger partial charge in [-0.2, -0.15) is 0 Å². The minimum Gasteiger partial charge on any atom is -0.309 e. The van der Waals surface area contributed by atoms with E-state index in [-0.39, 0.29) is 0 Å². The van der Waals surface area contributed by atoms with Crippen molar-refractivity contribution in [1.29, 1.82) is 0 Å². The highest BCUT2D eigenvalue weighted by Gasteiger charge is 2.20. The van der Waals surface area contributed by atoms with E-state index in [9.17, 15) is 0 Å². The van der Waals surface area contributed by atoms with Crippen LogP contribution in [0.1, 0.15) is 0 Å². The van der Waals surface area contributed by atoms with Crippen molar-refractivity contribution in [1.82, 2.24) is 19.1 Å². The number of hydrogen-bond donors (Lipinski definition) is 0. The van der Waals surface area contributed by atoms with Gasteiger partial charge in [-0.25, -0.2) is 9.97 Å². The normalized spacial score (nSPS) is 11.5. The lowest BCUT2D eigenvalue weighted by Crippen LogP contribution is -2.04. The second-order valence-electron chi connectivity index (χ2n) is 15.8. The lowest BCUT2D eigenvalue weighted by molar-refractivity contribution is 0.995. The van der Waals surface area contributed by atoms with E-state index in [1.54, 1.807) is 0 Å². The molecule has 4 heteroatoms. The standard InChI is InChI=1S/C58H38N4/c1-6-16-39(17-7-1)43-26-30-54-48(34-43)49-36-45(28-31-55(49)61(54)47-24-14-5-15-25-47)46-29-33-57-51(37-46)50-35-44(40-18-8-2-9-19-40)27-32-56(50)62(57)58-59-52(41-20-10-3-11-21-41)38-53(60-58)42-22-12-4-13-23-42/h1-38H. The average Bonchev–Trinajstić information content (AvgIpc) is 3.86. The van der Waals surface area contributed by atoms with Crippen LogP contribution in [0.2, 0.25) is 0 Å². The molecule has 4 nitrogen and oxygen atoms in total. The molecule has 62 heavy (non-hydrogen) atoms. The van der Waals surface area contributed by atoms with Gasteiger partial charge in [-0.3, -0.25) is 4.57 Å². The SMILES string of the molecule is c1ccc(-c2ccc3c(c2)c2cc(-c4ccc5c(c4)c4cc(-c6ccccc6)ccc4n5-c4nc(-c5ccccc5)cc(-c5ccccc5)n4)ccc2n3-c2ccccc2)cc1. The molecular formula is C58H38N4. The zero-order valence-electron chi connectivity index (χ0n) is 33.7. The Morgan fingerprint density at radius 1 is 0.242 bits per heavy atom. The van der Waals surface area contributed by atoms with Gasteiger partial charge in [0.05, 0.1) is 33.5 Å². The second kappa shape index (κ2) is 14.7. The maximum absolute atomic E-state index is 5.30. The van der Waals surface area contributed by atoms with Crippen LogP contribution in [-0.4, -0.2) is 19.1 Å². The summed E-state index contributed by atoms with van der Waals surface area (Å²) in [5, 5.41) is 4.73. The highest BCUT2D eigenvalue weighted by Crippen LogP contribution is 2.40. The molecule has 0 aliphatic rings. The number of hydrogen-bond acceptors (Lipinski definition) is 2. The molecule has 12 rings (SSSR count). The van der Waals surface area contributed by atoms with Gasteiger partial charge in [-0.05, 0) is 100 Å². The smallest absolute Gasteiger partial charge is 0.235 e. The van der Waals surface area contributed by atoms with E-state index in [1.807, 2.05) is 12.1 Å². The Bertz CT molecular complexity index is 3530. The fourth-order valence-corrected chi connectivity index (χ4v) is 9.14. The first kappa shape index (κ1) is 35.6. The molecule has 0 amide bonds.